The molecule has 2 rings (SSSR count). The van der Waals surface area contributed by atoms with E-state index in [-0.39, 0.29) is 0 Å². The summed E-state index contributed by atoms with van der Waals surface area (Å²) < 4.78 is 0. The highest BCUT2D eigenvalue weighted by molar-refractivity contribution is 7.12. The van der Waals surface area contributed by atoms with Crippen molar-refractivity contribution in [1.82, 2.24) is 0 Å². The minimum Gasteiger partial charge on any atom is -0.145 e. The Labute approximate surface area is 119 Å². The van der Waals surface area contributed by atoms with E-state index in [0.717, 1.165) is 5.92 Å². The number of hydrogen-bond acceptors (Lipinski definition) is 1. The number of thiophene rings is 1. The number of rotatable bonds is 1. The Hall–Kier alpha value is -0.300. The second kappa shape index (κ2) is 9.61. The standard InChI is InChI=1S/C12H18S.C3H8.C2H6/c1-8(2)12-9(3)13-11-7-5-4-6-10(11)12;1-3-2;1-2/h8H,4-7H2,1-3H3;3H2,1-2H3;1-2H3. The maximum atomic E-state index is 2.32. The van der Waals surface area contributed by atoms with Crippen molar-refractivity contribution in [2.75, 3.05) is 0 Å². The summed E-state index contributed by atoms with van der Waals surface area (Å²) in [6, 6.07) is 0. The van der Waals surface area contributed by atoms with Gasteiger partial charge in [-0.25, -0.2) is 0 Å². The molecule has 1 aromatic rings. The van der Waals surface area contributed by atoms with Crippen LogP contribution in [0.25, 0.3) is 0 Å². The molecule has 0 atom stereocenters. The minimum absolute atomic E-state index is 0.720. The van der Waals surface area contributed by atoms with Gasteiger partial charge in [0.2, 0.25) is 0 Å². The van der Waals surface area contributed by atoms with Crippen LogP contribution < -0.4 is 0 Å². The van der Waals surface area contributed by atoms with Crippen LogP contribution in [0.15, 0.2) is 0 Å². The van der Waals surface area contributed by atoms with E-state index in [4.69, 9.17) is 0 Å². The first kappa shape index (κ1) is 17.7. The van der Waals surface area contributed by atoms with E-state index in [1.165, 1.54) is 32.1 Å². The fourth-order valence-electron chi connectivity index (χ4n) is 2.48. The largest absolute Gasteiger partial charge is 0.145 e. The Morgan fingerprint density at radius 2 is 1.56 bits per heavy atom. The molecule has 1 aliphatic rings. The first-order valence-electron chi connectivity index (χ1n) is 7.72. The molecule has 106 valence electrons. The van der Waals surface area contributed by atoms with Gasteiger partial charge in [-0.1, -0.05) is 48.0 Å². The molecule has 1 aromatic heterocycles. The van der Waals surface area contributed by atoms with Crippen LogP contribution in [0.1, 0.15) is 87.6 Å². The van der Waals surface area contributed by atoms with Gasteiger partial charge in [0.25, 0.3) is 0 Å². The first-order valence-corrected chi connectivity index (χ1v) is 8.54. The lowest BCUT2D eigenvalue weighted by atomic mass is 9.90. The Balaban J connectivity index is 0.000000509. The second-order valence-corrected chi connectivity index (χ2v) is 6.35. The van der Waals surface area contributed by atoms with Crippen LogP contribution >= 0.6 is 11.3 Å². The monoisotopic (exact) mass is 268 g/mol. The third-order valence-corrected chi connectivity index (χ3v) is 4.20. The zero-order valence-electron chi connectivity index (χ0n) is 13.5. The van der Waals surface area contributed by atoms with E-state index in [0.29, 0.717) is 0 Å². The summed E-state index contributed by atoms with van der Waals surface area (Å²) in [6.45, 7) is 15.2. The molecule has 0 radical (unpaired) electrons. The minimum atomic E-state index is 0.720. The Morgan fingerprint density at radius 3 is 2.06 bits per heavy atom. The van der Waals surface area contributed by atoms with Gasteiger partial charge in [-0.05, 0) is 49.7 Å². The van der Waals surface area contributed by atoms with Crippen LogP contribution in [0.2, 0.25) is 0 Å². The highest BCUT2D eigenvalue weighted by Gasteiger charge is 2.19. The van der Waals surface area contributed by atoms with Gasteiger partial charge in [0.15, 0.2) is 0 Å². The van der Waals surface area contributed by atoms with Crippen LogP contribution in [0.4, 0.5) is 0 Å². The zero-order valence-corrected chi connectivity index (χ0v) is 14.3. The summed E-state index contributed by atoms with van der Waals surface area (Å²) in [5.41, 5.74) is 3.38. The molecule has 0 nitrogen and oxygen atoms in total. The van der Waals surface area contributed by atoms with Crippen molar-refractivity contribution in [3.63, 3.8) is 0 Å². The van der Waals surface area contributed by atoms with Crippen molar-refractivity contribution in [3.8, 4) is 0 Å². The van der Waals surface area contributed by atoms with Gasteiger partial charge < -0.3 is 0 Å². The van der Waals surface area contributed by atoms with Crippen LogP contribution in [0, 0.1) is 6.92 Å². The topological polar surface area (TPSA) is 0 Å². The lowest BCUT2D eigenvalue weighted by Crippen LogP contribution is -2.02. The Kier molecular flexibility index (Phi) is 9.45. The fraction of sp³-hybridized carbons (Fsp3) is 0.765. The maximum Gasteiger partial charge on any atom is 0.00830 e. The van der Waals surface area contributed by atoms with Gasteiger partial charge in [-0.15, -0.1) is 11.3 Å². The van der Waals surface area contributed by atoms with Gasteiger partial charge in [-0.3, -0.25) is 0 Å². The predicted molar refractivity (Wildman–Crippen MR) is 87.1 cm³/mol. The molecule has 0 aliphatic heterocycles. The molecule has 0 unspecified atom stereocenters. The summed E-state index contributed by atoms with van der Waals surface area (Å²) >= 11 is 2.05. The smallest absolute Gasteiger partial charge is 0.00830 e. The van der Waals surface area contributed by atoms with Gasteiger partial charge in [0.1, 0.15) is 0 Å². The summed E-state index contributed by atoms with van der Waals surface area (Å²) in [6.07, 6.45) is 6.74. The normalized spacial score (nSPS) is 13.1. The van der Waals surface area contributed by atoms with E-state index >= 15 is 0 Å². The second-order valence-electron chi connectivity index (χ2n) is 5.04. The molecule has 0 aromatic carbocycles. The highest BCUT2D eigenvalue weighted by Crippen LogP contribution is 2.37. The van der Waals surface area contributed by atoms with Gasteiger partial charge >= 0.3 is 0 Å². The van der Waals surface area contributed by atoms with Crippen LogP contribution in [0.3, 0.4) is 0 Å². The number of hydrogen-bond donors (Lipinski definition) is 0. The molecule has 0 amide bonds. The van der Waals surface area contributed by atoms with Crippen molar-refractivity contribution in [3.05, 3.63) is 20.9 Å². The average Bonchev–Trinajstić information content (AvgIpc) is 2.68. The van der Waals surface area contributed by atoms with Gasteiger partial charge in [0, 0.05) is 9.75 Å². The van der Waals surface area contributed by atoms with Crippen LogP contribution in [-0.4, -0.2) is 0 Å². The van der Waals surface area contributed by atoms with Gasteiger partial charge in [0.05, 0.1) is 0 Å². The third-order valence-electron chi connectivity index (χ3n) is 2.98. The highest BCUT2D eigenvalue weighted by atomic mass is 32.1. The number of fused-ring (bicyclic) bond motifs is 1. The van der Waals surface area contributed by atoms with E-state index < -0.39 is 0 Å². The lowest BCUT2D eigenvalue weighted by molar-refractivity contribution is 0.683. The molecular weight excluding hydrogens is 236 g/mol. The molecule has 1 heterocycles. The van der Waals surface area contributed by atoms with Crippen LogP contribution in [0.5, 0.6) is 0 Å². The predicted octanol–water partition coefficient (Wildman–Crippen LogP) is 6.50. The summed E-state index contributed by atoms with van der Waals surface area (Å²) in [5, 5.41) is 0. The van der Waals surface area contributed by atoms with E-state index in [1.54, 1.807) is 20.9 Å². The molecule has 18 heavy (non-hydrogen) atoms. The lowest BCUT2D eigenvalue weighted by Gasteiger charge is -2.14. The van der Waals surface area contributed by atoms with Crippen molar-refractivity contribution >= 4 is 11.3 Å². The molecule has 1 heteroatoms. The molecule has 0 saturated heterocycles. The van der Waals surface area contributed by atoms with E-state index in [2.05, 4.69) is 34.6 Å². The van der Waals surface area contributed by atoms with Crippen molar-refractivity contribution in [2.45, 2.75) is 86.5 Å². The van der Waals surface area contributed by atoms with E-state index in [9.17, 15) is 0 Å². The quantitative estimate of drug-likeness (QED) is 0.545. The molecule has 0 fully saturated rings. The summed E-state index contributed by atoms with van der Waals surface area (Å²) in [5.74, 6) is 0.720. The molecule has 0 N–H and O–H groups in total. The number of aryl methyl sites for hydroxylation is 2. The molecule has 1 aliphatic carbocycles. The van der Waals surface area contributed by atoms with E-state index in [1.807, 2.05) is 25.2 Å². The van der Waals surface area contributed by atoms with Crippen molar-refractivity contribution in [1.29, 1.82) is 0 Å². The van der Waals surface area contributed by atoms with Crippen LogP contribution in [-0.2, 0) is 12.8 Å². The molecular formula is C17H32S. The molecule has 0 saturated carbocycles. The summed E-state index contributed by atoms with van der Waals surface area (Å²) in [7, 11) is 0. The third kappa shape index (κ3) is 4.76. The SMILES string of the molecule is CC.CCC.Cc1sc2c(c1C(C)C)CCCC2. The Morgan fingerprint density at radius 1 is 1.06 bits per heavy atom. The van der Waals surface area contributed by atoms with Crippen molar-refractivity contribution in [2.24, 2.45) is 0 Å². The maximum absolute atomic E-state index is 2.32. The molecule has 0 bridgehead atoms. The first-order chi connectivity index (χ1) is 8.61. The zero-order chi connectivity index (χ0) is 14.1. The van der Waals surface area contributed by atoms with Gasteiger partial charge in [-0.2, -0.15) is 0 Å². The summed E-state index contributed by atoms with van der Waals surface area (Å²) in [4.78, 5) is 3.26. The average molecular weight is 269 g/mol. The molecule has 0 spiro atoms. The van der Waals surface area contributed by atoms with Crippen molar-refractivity contribution < 1.29 is 0 Å². The fourth-order valence-corrected chi connectivity index (χ4v) is 3.90. The Bertz CT molecular complexity index is 321.